The van der Waals surface area contributed by atoms with Gasteiger partial charge in [0.2, 0.25) is 0 Å². The highest BCUT2D eigenvalue weighted by Crippen LogP contribution is 2.11. The zero-order valence-corrected chi connectivity index (χ0v) is 14.5. The molecule has 0 spiro atoms. The van der Waals surface area contributed by atoms with Gasteiger partial charge in [0.25, 0.3) is 11.8 Å². The van der Waals surface area contributed by atoms with Gasteiger partial charge in [-0.25, -0.2) is 0 Å². The minimum absolute atomic E-state index is 0.0901. The van der Waals surface area contributed by atoms with Crippen LogP contribution in [0.2, 0.25) is 5.02 Å². The van der Waals surface area contributed by atoms with E-state index in [-0.39, 0.29) is 5.70 Å². The van der Waals surface area contributed by atoms with Gasteiger partial charge in [-0.2, -0.15) is 0 Å². The van der Waals surface area contributed by atoms with Crippen molar-refractivity contribution >= 4 is 29.5 Å². The largest absolute Gasteiger partial charge is 0.465 e. The van der Waals surface area contributed by atoms with Crippen molar-refractivity contribution in [1.29, 1.82) is 0 Å². The maximum absolute atomic E-state index is 12.4. The van der Waals surface area contributed by atoms with Crippen LogP contribution in [0.25, 0.3) is 6.08 Å². The third kappa shape index (κ3) is 6.10. The summed E-state index contributed by atoms with van der Waals surface area (Å²) in [5, 5.41) is 5.87. The van der Waals surface area contributed by atoms with E-state index in [1.165, 1.54) is 12.3 Å². The van der Waals surface area contributed by atoms with Crippen LogP contribution in [-0.2, 0) is 9.53 Å². The molecule has 1 aromatic heterocycles. The number of benzene rings is 1. The molecule has 0 unspecified atom stereocenters. The Morgan fingerprint density at radius 2 is 2.00 bits per heavy atom. The van der Waals surface area contributed by atoms with Gasteiger partial charge in [0.05, 0.1) is 6.26 Å². The van der Waals surface area contributed by atoms with Crippen molar-refractivity contribution in [1.82, 2.24) is 10.6 Å². The van der Waals surface area contributed by atoms with Crippen LogP contribution in [0.3, 0.4) is 0 Å². The van der Waals surface area contributed by atoms with E-state index in [0.717, 1.165) is 0 Å². The number of ether oxygens (including phenoxy) is 1. The fourth-order valence-corrected chi connectivity index (χ4v) is 2.11. The fourth-order valence-electron chi connectivity index (χ4n) is 1.98. The molecule has 0 aliphatic carbocycles. The summed E-state index contributed by atoms with van der Waals surface area (Å²) < 4.78 is 10.2. The number of halogens is 1. The molecule has 0 radical (unpaired) electrons. The summed E-state index contributed by atoms with van der Waals surface area (Å²) in [5.41, 5.74) is 0.481. The Bertz CT molecular complexity index is 724. The van der Waals surface area contributed by atoms with E-state index in [1.54, 1.807) is 43.5 Å². The zero-order chi connectivity index (χ0) is 18.1. The van der Waals surface area contributed by atoms with Crippen LogP contribution < -0.4 is 10.6 Å². The fraction of sp³-hybridized carbons (Fsp3) is 0.222. The van der Waals surface area contributed by atoms with E-state index in [2.05, 4.69) is 10.6 Å². The van der Waals surface area contributed by atoms with Gasteiger partial charge in [-0.3, -0.25) is 9.59 Å². The lowest BCUT2D eigenvalue weighted by atomic mass is 10.2. The Morgan fingerprint density at radius 3 is 2.64 bits per heavy atom. The van der Waals surface area contributed by atoms with Crippen LogP contribution in [0.4, 0.5) is 0 Å². The first-order valence-electron chi connectivity index (χ1n) is 7.69. The lowest BCUT2D eigenvalue weighted by molar-refractivity contribution is -0.117. The Hall–Kier alpha value is -2.57. The van der Waals surface area contributed by atoms with Gasteiger partial charge < -0.3 is 19.8 Å². The third-order valence-corrected chi connectivity index (χ3v) is 3.49. The van der Waals surface area contributed by atoms with Gasteiger partial charge in [0, 0.05) is 36.9 Å². The number of carbonyl (C=O) groups is 2. The monoisotopic (exact) mass is 362 g/mol. The normalized spacial score (nSPS) is 11.2. The van der Waals surface area contributed by atoms with Crippen LogP contribution in [0.5, 0.6) is 0 Å². The van der Waals surface area contributed by atoms with Crippen molar-refractivity contribution < 1.29 is 18.7 Å². The van der Waals surface area contributed by atoms with Crippen molar-refractivity contribution in [2.45, 2.75) is 6.42 Å². The molecule has 2 amide bonds. The number of amides is 2. The molecule has 1 heterocycles. The summed E-state index contributed by atoms with van der Waals surface area (Å²) in [6.45, 7) is 0.966. The summed E-state index contributed by atoms with van der Waals surface area (Å²) >= 11 is 5.82. The maximum Gasteiger partial charge on any atom is 0.267 e. The molecule has 2 N–H and O–H groups in total. The van der Waals surface area contributed by atoms with Gasteiger partial charge in [-0.1, -0.05) is 11.6 Å². The number of furan rings is 1. The van der Waals surface area contributed by atoms with E-state index in [4.69, 9.17) is 20.8 Å². The standard InChI is InChI=1S/C18H19ClN2O4/c1-24-10-3-9-20-18(23)16(12-15-4-2-11-25-15)21-17(22)13-5-7-14(19)8-6-13/h2,4-8,11-12H,3,9-10H2,1H3,(H,20,23)(H,21,22)/b16-12+. The molecule has 6 nitrogen and oxygen atoms in total. The molecule has 0 aliphatic heterocycles. The number of carbonyl (C=O) groups excluding carboxylic acids is 2. The molecule has 0 saturated heterocycles. The van der Waals surface area contributed by atoms with Crippen LogP contribution in [-0.4, -0.2) is 32.1 Å². The van der Waals surface area contributed by atoms with E-state index in [9.17, 15) is 9.59 Å². The molecule has 25 heavy (non-hydrogen) atoms. The molecule has 7 heteroatoms. The molecule has 0 saturated carbocycles. The second kappa shape index (κ2) is 9.66. The van der Waals surface area contributed by atoms with Gasteiger partial charge in [-0.15, -0.1) is 0 Å². The number of hydrogen-bond donors (Lipinski definition) is 2. The predicted molar refractivity (Wildman–Crippen MR) is 95.1 cm³/mol. The van der Waals surface area contributed by atoms with Gasteiger partial charge in [0.1, 0.15) is 11.5 Å². The second-order valence-corrected chi connectivity index (χ2v) is 5.57. The number of hydrogen-bond acceptors (Lipinski definition) is 4. The molecular weight excluding hydrogens is 344 g/mol. The third-order valence-electron chi connectivity index (χ3n) is 3.24. The van der Waals surface area contributed by atoms with E-state index in [1.807, 2.05) is 0 Å². The van der Waals surface area contributed by atoms with Crippen molar-refractivity contribution in [3.05, 3.63) is 64.7 Å². The van der Waals surface area contributed by atoms with Gasteiger partial charge in [-0.05, 0) is 42.8 Å². The quantitative estimate of drug-likeness (QED) is 0.559. The van der Waals surface area contributed by atoms with Crippen molar-refractivity contribution in [2.75, 3.05) is 20.3 Å². The lowest BCUT2D eigenvalue weighted by Gasteiger charge is -2.10. The number of rotatable bonds is 8. The second-order valence-electron chi connectivity index (χ2n) is 5.14. The zero-order valence-electron chi connectivity index (χ0n) is 13.8. The molecular formula is C18H19ClN2O4. The van der Waals surface area contributed by atoms with Crippen LogP contribution in [0.15, 0.2) is 52.8 Å². The minimum atomic E-state index is -0.415. The van der Waals surface area contributed by atoms with E-state index < -0.39 is 11.8 Å². The Balaban J connectivity index is 2.10. The van der Waals surface area contributed by atoms with Crippen LogP contribution in [0.1, 0.15) is 22.5 Å². The predicted octanol–water partition coefficient (Wildman–Crippen LogP) is 2.86. The first-order chi connectivity index (χ1) is 12.1. The molecule has 0 bridgehead atoms. The molecule has 1 aromatic carbocycles. The van der Waals surface area contributed by atoms with Crippen molar-refractivity contribution in [3.8, 4) is 0 Å². The molecule has 132 valence electrons. The Labute approximate surface area is 150 Å². The molecule has 0 atom stereocenters. The topological polar surface area (TPSA) is 80.6 Å². The van der Waals surface area contributed by atoms with E-state index >= 15 is 0 Å². The maximum atomic E-state index is 12.4. The number of methoxy groups -OCH3 is 1. The molecule has 0 aliphatic rings. The molecule has 2 rings (SSSR count). The van der Waals surface area contributed by atoms with Gasteiger partial charge in [0.15, 0.2) is 0 Å². The Kier molecular flexibility index (Phi) is 7.25. The van der Waals surface area contributed by atoms with Crippen LogP contribution >= 0.6 is 11.6 Å². The lowest BCUT2D eigenvalue weighted by Crippen LogP contribution is -2.35. The Morgan fingerprint density at radius 1 is 1.24 bits per heavy atom. The summed E-state index contributed by atoms with van der Waals surface area (Å²) in [7, 11) is 1.59. The van der Waals surface area contributed by atoms with Crippen molar-refractivity contribution in [3.63, 3.8) is 0 Å². The highest BCUT2D eigenvalue weighted by Gasteiger charge is 2.15. The van der Waals surface area contributed by atoms with Gasteiger partial charge >= 0.3 is 0 Å². The summed E-state index contributed by atoms with van der Waals surface area (Å²) in [6.07, 6.45) is 3.63. The van der Waals surface area contributed by atoms with Crippen molar-refractivity contribution in [2.24, 2.45) is 0 Å². The average Bonchev–Trinajstić information content (AvgIpc) is 3.11. The molecule has 0 fully saturated rings. The molecule has 2 aromatic rings. The summed E-state index contributed by atoms with van der Waals surface area (Å²) in [5.74, 6) is -0.366. The van der Waals surface area contributed by atoms with Crippen LogP contribution in [0, 0.1) is 0 Å². The highest BCUT2D eigenvalue weighted by atomic mass is 35.5. The summed E-state index contributed by atoms with van der Waals surface area (Å²) in [4.78, 5) is 24.7. The first-order valence-corrected chi connectivity index (χ1v) is 8.07. The highest BCUT2D eigenvalue weighted by molar-refractivity contribution is 6.30. The summed E-state index contributed by atoms with van der Waals surface area (Å²) in [6, 6.07) is 9.76. The average molecular weight is 363 g/mol. The van der Waals surface area contributed by atoms with E-state index in [0.29, 0.717) is 35.9 Å². The number of nitrogens with one attached hydrogen (secondary N) is 2. The SMILES string of the molecule is COCCCNC(=O)/C(=C\c1ccco1)NC(=O)c1ccc(Cl)cc1. The minimum Gasteiger partial charge on any atom is -0.465 e. The smallest absolute Gasteiger partial charge is 0.267 e. The first kappa shape index (κ1) is 18.8.